The zero-order valence-electron chi connectivity index (χ0n) is 10.8. The molecule has 0 aliphatic carbocycles. The minimum Gasteiger partial charge on any atom is -0.480 e. The van der Waals surface area contributed by atoms with Crippen LogP contribution in [0.3, 0.4) is 0 Å². The van der Waals surface area contributed by atoms with Gasteiger partial charge < -0.3 is 9.63 Å². The zero-order chi connectivity index (χ0) is 15.0. The van der Waals surface area contributed by atoms with Crippen LogP contribution in [0.2, 0.25) is 0 Å². The number of carboxylic acid groups (broad SMARTS) is 1. The first-order chi connectivity index (χ1) is 9.21. The Morgan fingerprint density at radius 3 is 2.85 bits per heavy atom. The van der Waals surface area contributed by atoms with Crippen LogP contribution in [-0.2, 0) is 17.8 Å². The summed E-state index contributed by atoms with van der Waals surface area (Å²) in [6.07, 6.45) is -4.48. The van der Waals surface area contributed by atoms with E-state index in [2.05, 4.69) is 10.1 Å². The van der Waals surface area contributed by atoms with Gasteiger partial charge in [-0.25, -0.2) is 0 Å². The maximum absolute atomic E-state index is 12.2. The van der Waals surface area contributed by atoms with Crippen molar-refractivity contribution in [3.8, 4) is 0 Å². The lowest BCUT2D eigenvalue weighted by Crippen LogP contribution is -2.47. The number of carbonyl (C=O) groups is 1. The number of aromatic nitrogens is 2. The largest absolute Gasteiger partial charge is 0.480 e. The molecular formula is C11H14F3N3O3. The van der Waals surface area contributed by atoms with Gasteiger partial charge in [-0.1, -0.05) is 5.16 Å². The Morgan fingerprint density at radius 1 is 1.55 bits per heavy atom. The van der Waals surface area contributed by atoms with E-state index >= 15 is 0 Å². The maximum atomic E-state index is 12.2. The standard InChI is InChI=1S/C11H14F3N3O3/c1-10(9(18)19)3-2-4-17(10)6-8-15-7(16-20-8)5-11(12,13)14/h2-6H2,1H3,(H,18,19). The normalized spacial score (nSPS) is 24.2. The Morgan fingerprint density at radius 2 is 2.25 bits per heavy atom. The molecule has 1 aliphatic heterocycles. The molecule has 1 atom stereocenters. The lowest BCUT2D eigenvalue weighted by atomic mass is 9.99. The Bertz CT molecular complexity index is 503. The van der Waals surface area contributed by atoms with Crippen molar-refractivity contribution in [1.82, 2.24) is 15.0 Å². The highest BCUT2D eigenvalue weighted by Crippen LogP contribution is 2.30. The van der Waals surface area contributed by atoms with Crippen molar-refractivity contribution in [1.29, 1.82) is 0 Å². The minimum absolute atomic E-state index is 0.00127. The average molecular weight is 293 g/mol. The van der Waals surface area contributed by atoms with Gasteiger partial charge in [0, 0.05) is 0 Å². The Hall–Kier alpha value is -1.64. The Kier molecular flexibility index (Phi) is 3.72. The van der Waals surface area contributed by atoms with E-state index in [1.165, 1.54) is 0 Å². The highest BCUT2D eigenvalue weighted by molar-refractivity contribution is 5.78. The molecule has 9 heteroatoms. The second-order valence-corrected chi connectivity index (χ2v) is 5.00. The van der Waals surface area contributed by atoms with E-state index in [0.717, 1.165) is 0 Å². The molecule has 0 radical (unpaired) electrons. The van der Waals surface area contributed by atoms with Gasteiger partial charge >= 0.3 is 12.1 Å². The van der Waals surface area contributed by atoms with Crippen LogP contribution in [0.1, 0.15) is 31.5 Å². The SMILES string of the molecule is CC1(C(=O)O)CCCN1Cc1nc(CC(F)(F)F)no1. The summed E-state index contributed by atoms with van der Waals surface area (Å²) in [5.41, 5.74) is -1.04. The van der Waals surface area contributed by atoms with Gasteiger partial charge in [-0.15, -0.1) is 0 Å². The zero-order valence-corrected chi connectivity index (χ0v) is 10.8. The average Bonchev–Trinajstić information content (AvgIpc) is 2.86. The van der Waals surface area contributed by atoms with Crippen LogP contribution in [-0.4, -0.2) is 44.4 Å². The molecule has 0 spiro atoms. The van der Waals surface area contributed by atoms with Gasteiger partial charge in [0.1, 0.15) is 12.0 Å². The lowest BCUT2D eigenvalue weighted by Gasteiger charge is -2.29. The Labute approximate surface area is 112 Å². The van der Waals surface area contributed by atoms with Crippen LogP contribution in [0, 0.1) is 0 Å². The topological polar surface area (TPSA) is 79.5 Å². The van der Waals surface area contributed by atoms with E-state index in [9.17, 15) is 23.1 Å². The fourth-order valence-electron chi connectivity index (χ4n) is 2.28. The van der Waals surface area contributed by atoms with E-state index in [-0.39, 0.29) is 12.4 Å². The highest BCUT2D eigenvalue weighted by atomic mass is 19.4. The molecule has 112 valence electrons. The molecular weight excluding hydrogens is 279 g/mol. The van der Waals surface area contributed by atoms with Crippen molar-refractivity contribution in [2.45, 2.75) is 44.4 Å². The van der Waals surface area contributed by atoms with Crippen molar-refractivity contribution in [2.75, 3.05) is 6.54 Å². The van der Waals surface area contributed by atoms with E-state index in [1.54, 1.807) is 11.8 Å². The van der Waals surface area contributed by atoms with Crippen molar-refractivity contribution in [3.05, 3.63) is 11.7 Å². The molecule has 0 aromatic carbocycles. The molecule has 1 aromatic rings. The van der Waals surface area contributed by atoms with Gasteiger partial charge in [-0.05, 0) is 26.3 Å². The fraction of sp³-hybridized carbons (Fsp3) is 0.727. The third-order valence-corrected chi connectivity index (χ3v) is 3.45. The van der Waals surface area contributed by atoms with Crippen LogP contribution in [0.25, 0.3) is 0 Å². The summed E-state index contributed by atoms with van der Waals surface area (Å²) in [6.45, 7) is 2.14. The van der Waals surface area contributed by atoms with E-state index in [4.69, 9.17) is 4.52 Å². The van der Waals surface area contributed by atoms with Crippen LogP contribution >= 0.6 is 0 Å². The third kappa shape index (κ3) is 3.09. The summed E-state index contributed by atoms with van der Waals surface area (Å²) in [7, 11) is 0. The summed E-state index contributed by atoms with van der Waals surface area (Å²) in [5.74, 6) is -1.41. The van der Waals surface area contributed by atoms with Crippen LogP contribution < -0.4 is 0 Å². The van der Waals surface area contributed by atoms with Gasteiger partial charge in [0.05, 0.1) is 6.54 Å². The quantitative estimate of drug-likeness (QED) is 0.908. The van der Waals surface area contributed by atoms with Crippen molar-refractivity contribution >= 4 is 5.97 Å². The second kappa shape index (κ2) is 5.04. The number of hydrogen-bond donors (Lipinski definition) is 1. The molecule has 2 heterocycles. The molecule has 0 bridgehead atoms. The molecule has 0 amide bonds. The molecule has 1 saturated heterocycles. The summed E-state index contributed by atoms with van der Waals surface area (Å²) in [6, 6.07) is 0. The summed E-state index contributed by atoms with van der Waals surface area (Å²) < 4.78 is 41.3. The predicted molar refractivity (Wildman–Crippen MR) is 59.7 cm³/mol. The Balaban J connectivity index is 2.05. The van der Waals surface area contributed by atoms with Gasteiger partial charge in [0.2, 0.25) is 5.89 Å². The van der Waals surface area contributed by atoms with Gasteiger partial charge in [-0.2, -0.15) is 18.2 Å². The molecule has 20 heavy (non-hydrogen) atoms. The number of alkyl halides is 3. The van der Waals surface area contributed by atoms with E-state index in [1.807, 2.05) is 0 Å². The summed E-state index contributed by atoms with van der Waals surface area (Å²) in [5, 5.41) is 12.5. The number of likely N-dealkylation sites (tertiary alicyclic amines) is 1. The smallest absolute Gasteiger partial charge is 0.396 e. The first-order valence-electron chi connectivity index (χ1n) is 6.07. The fourth-order valence-corrected chi connectivity index (χ4v) is 2.28. The highest BCUT2D eigenvalue weighted by Gasteiger charge is 2.44. The van der Waals surface area contributed by atoms with Crippen LogP contribution in [0.4, 0.5) is 13.2 Å². The van der Waals surface area contributed by atoms with Gasteiger partial charge in [0.15, 0.2) is 5.82 Å². The number of nitrogens with zero attached hydrogens (tertiary/aromatic N) is 3. The van der Waals surface area contributed by atoms with E-state index < -0.39 is 29.9 Å². The number of aliphatic carboxylic acids is 1. The number of carboxylic acids is 1. The first-order valence-corrected chi connectivity index (χ1v) is 6.07. The molecule has 2 rings (SSSR count). The number of rotatable bonds is 4. The van der Waals surface area contributed by atoms with Crippen molar-refractivity contribution in [3.63, 3.8) is 0 Å². The molecule has 1 unspecified atom stereocenters. The summed E-state index contributed by atoms with van der Waals surface area (Å²) >= 11 is 0. The molecule has 1 aromatic heterocycles. The molecule has 1 aliphatic rings. The maximum Gasteiger partial charge on any atom is 0.396 e. The summed E-state index contributed by atoms with van der Waals surface area (Å²) in [4.78, 5) is 16.5. The number of halogens is 3. The van der Waals surface area contributed by atoms with Gasteiger partial charge in [-0.3, -0.25) is 9.69 Å². The van der Waals surface area contributed by atoms with E-state index in [0.29, 0.717) is 19.4 Å². The third-order valence-electron chi connectivity index (χ3n) is 3.45. The van der Waals surface area contributed by atoms with Crippen molar-refractivity contribution in [2.24, 2.45) is 0 Å². The van der Waals surface area contributed by atoms with Crippen LogP contribution in [0.5, 0.6) is 0 Å². The molecule has 0 saturated carbocycles. The lowest BCUT2D eigenvalue weighted by molar-refractivity contribution is -0.149. The number of hydrogen-bond acceptors (Lipinski definition) is 5. The first kappa shape index (κ1) is 14.8. The van der Waals surface area contributed by atoms with Gasteiger partial charge in [0.25, 0.3) is 0 Å². The molecule has 6 nitrogen and oxygen atoms in total. The predicted octanol–water partition coefficient (Wildman–Crippen LogP) is 1.61. The van der Waals surface area contributed by atoms with Crippen molar-refractivity contribution < 1.29 is 27.6 Å². The monoisotopic (exact) mass is 293 g/mol. The molecule has 1 fully saturated rings. The molecule has 1 N–H and O–H groups in total. The van der Waals surface area contributed by atoms with Crippen LogP contribution in [0.15, 0.2) is 4.52 Å². The minimum atomic E-state index is -4.40. The second-order valence-electron chi connectivity index (χ2n) is 5.00.